The zero-order valence-corrected chi connectivity index (χ0v) is 19.7. The predicted molar refractivity (Wildman–Crippen MR) is 125 cm³/mol. The van der Waals surface area contributed by atoms with E-state index < -0.39 is 0 Å². The maximum Gasteiger partial charge on any atom is 0.134 e. The molecule has 3 aromatic rings. The normalized spacial score (nSPS) is 13.8. The van der Waals surface area contributed by atoms with E-state index in [9.17, 15) is 4.79 Å². The number of aromatic amines is 1. The van der Waals surface area contributed by atoms with Gasteiger partial charge in [0.15, 0.2) is 0 Å². The van der Waals surface area contributed by atoms with Crippen LogP contribution >= 0.6 is 15.9 Å². The molecule has 0 saturated heterocycles. The van der Waals surface area contributed by atoms with Gasteiger partial charge in [-0.1, -0.05) is 66.2 Å². The second-order valence-electron chi connectivity index (χ2n) is 7.68. The van der Waals surface area contributed by atoms with Crippen molar-refractivity contribution in [2.24, 2.45) is 0 Å². The third kappa shape index (κ3) is 5.66. The highest BCUT2D eigenvalue weighted by Gasteiger charge is 2.17. The molecular weight excluding hydrogens is 424 g/mol. The van der Waals surface area contributed by atoms with Gasteiger partial charge in [-0.05, 0) is 61.1 Å². The predicted octanol–water partition coefficient (Wildman–Crippen LogP) is 6.55. The van der Waals surface area contributed by atoms with Gasteiger partial charge < -0.3 is 9.78 Å². The lowest BCUT2D eigenvalue weighted by molar-refractivity contribution is -0.107. The third-order valence-electron chi connectivity index (χ3n) is 5.84. The molecule has 0 radical (unpaired) electrons. The number of benzene rings is 2. The van der Waals surface area contributed by atoms with E-state index >= 15 is 0 Å². The first kappa shape index (κ1) is 23.1. The van der Waals surface area contributed by atoms with E-state index in [2.05, 4.69) is 97.8 Å². The fourth-order valence-electron chi connectivity index (χ4n) is 3.47. The van der Waals surface area contributed by atoms with Crippen molar-refractivity contribution >= 4 is 22.2 Å². The Morgan fingerprint density at radius 1 is 0.931 bits per heavy atom. The smallest absolute Gasteiger partial charge is 0.134 e. The molecule has 3 atom stereocenters. The minimum Gasteiger partial charge on any atom is -0.348 e. The standard InChI is InChI=1S/C13H16N2.C12H15BrO/c1-9-5-4-6-12(10(9)2)11(3)13-7-14-8-15-13;1-8-5-4-6-11(9(8)2)10(3)12(13)7-14/h4-8,11H,1-3H3,(H,14,15);4-7,10,12H,1-3H3. The molecule has 0 spiro atoms. The molecule has 0 fully saturated rings. The number of nitrogens with zero attached hydrogens (tertiary/aromatic N) is 1. The number of rotatable bonds is 5. The van der Waals surface area contributed by atoms with Crippen molar-refractivity contribution in [3.05, 3.63) is 88.0 Å². The number of aldehydes is 1. The summed E-state index contributed by atoms with van der Waals surface area (Å²) in [7, 11) is 0. The van der Waals surface area contributed by atoms with Crippen molar-refractivity contribution < 1.29 is 4.79 Å². The number of imidazole rings is 1. The molecule has 0 saturated carbocycles. The molecule has 3 rings (SSSR count). The van der Waals surface area contributed by atoms with Crippen molar-refractivity contribution in [1.29, 1.82) is 0 Å². The molecule has 0 aliphatic rings. The lowest BCUT2D eigenvalue weighted by Gasteiger charge is -2.17. The van der Waals surface area contributed by atoms with Crippen LogP contribution in [-0.2, 0) is 4.79 Å². The van der Waals surface area contributed by atoms with Crippen LogP contribution in [0.3, 0.4) is 0 Å². The van der Waals surface area contributed by atoms with Crippen LogP contribution in [0.1, 0.15) is 64.8 Å². The Morgan fingerprint density at radius 2 is 1.48 bits per heavy atom. The van der Waals surface area contributed by atoms with Crippen molar-refractivity contribution in [2.75, 3.05) is 0 Å². The number of carbonyl (C=O) groups is 1. The lowest BCUT2D eigenvalue weighted by atomic mass is 9.92. The number of hydrogen-bond acceptors (Lipinski definition) is 2. The molecule has 3 unspecified atom stereocenters. The fourth-order valence-corrected chi connectivity index (χ4v) is 3.76. The second-order valence-corrected chi connectivity index (χ2v) is 8.73. The van der Waals surface area contributed by atoms with Crippen LogP contribution in [0.2, 0.25) is 0 Å². The van der Waals surface area contributed by atoms with Crippen molar-refractivity contribution in [1.82, 2.24) is 9.97 Å². The summed E-state index contributed by atoms with van der Waals surface area (Å²) in [5.74, 6) is 0.611. The first-order valence-electron chi connectivity index (χ1n) is 9.97. The first-order chi connectivity index (χ1) is 13.8. The zero-order chi connectivity index (χ0) is 21.6. The van der Waals surface area contributed by atoms with Crippen LogP contribution in [0.25, 0.3) is 0 Å². The number of halogens is 1. The third-order valence-corrected chi connectivity index (χ3v) is 6.85. The van der Waals surface area contributed by atoms with Gasteiger partial charge >= 0.3 is 0 Å². The van der Waals surface area contributed by atoms with E-state index in [-0.39, 0.29) is 10.7 Å². The van der Waals surface area contributed by atoms with Crippen LogP contribution < -0.4 is 0 Å². The van der Waals surface area contributed by atoms with Gasteiger partial charge in [0.05, 0.1) is 11.2 Å². The van der Waals surface area contributed by atoms with Crippen LogP contribution in [0, 0.1) is 27.7 Å². The topological polar surface area (TPSA) is 45.8 Å². The number of carbonyl (C=O) groups excluding carboxylic acids is 1. The van der Waals surface area contributed by atoms with E-state index in [0.717, 1.165) is 6.29 Å². The molecular formula is C25H31BrN2O. The summed E-state index contributed by atoms with van der Waals surface area (Å²) < 4.78 is 0. The number of H-pyrrole nitrogens is 1. The summed E-state index contributed by atoms with van der Waals surface area (Å²) in [5, 5.41) is 0. The van der Waals surface area contributed by atoms with Gasteiger partial charge in [0, 0.05) is 23.7 Å². The Bertz CT molecular complexity index is 934. The van der Waals surface area contributed by atoms with Gasteiger partial charge in [0.25, 0.3) is 0 Å². The van der Waals surface area contributed by atoms with Crippen LogP contribution in [-0.4, -0.2) is 21.1 Å². The maximum absolute atomic E-state index is 10.7. The van der Waals surface area contributed by atoms with Crippen molar-refractivity contribution in [2.45, 2.75) is 58.2 Å². The molecule has 1 heterocycles. The Balaban J connectivity index is 0.000000208. The monoisotopic (exact) mass is 454 g/mol. The number of hydrogen-bond donors (Lipinski definition) is 1. The highest BCUT2D eigenvalue weighted by molar-refractivity contribution is 9.10. The average molecular weight is 455 g/mol. The van der Waals surface area contributed by atoms with Crippen LogP contribution in [0.5, 0.6) is 0 Å². The highest BCUT2D eigenvalue weighted by Crippen LogP contribution is 2.28. The fraction of sp³-hybridized carbons (Fsp3) is 0.360. The maximum atomic E-state index is 10.7. The van der Waals surface area contributed by atoms with E-state index in [1.807, 2.05) is 12.3 Å². The Morgan fingerprint density at radius 3 is 2.00 bits per heavy atom. The number of nitrogens with one attached hydrogen (secondary N) is 1. The number of aromatic nitrogens is 2. The van der Waals surface area contributed by atoms with Crippen LogP contribution in [0.4, 0.5) is 0 Å². The summed E-state index contributed by atoms with van der Waals surface area (Å²) in [4.78, 5) is 17.8. The molecule has 29 heavy (non-hydrogen) atoms. The summed E-state index contributed by atoms with van der Waals surface area (Å²) >= 11 is 3.37. The molecule has 154 valence electrons. The van der Waals surface area contributed by atoms with E-state index in [4.69, 9.17) is 0 Å². The number of aryl methyl sites for hydroxylation is 2. The van der Waals surface area contributed by atoms with Gasteiger partial charge in [-0.15, -0.1) is 0 Å². The first-order valence-corrected chi connectivity index (χ1v) is 10.9. The molecule has 0 aliphatic carbocycles. The minimum atomic E-state index is -0.0944. The summed E-state index contributed by atoms with van der Waals surface area (Å²) in [6.45, 7) is 12.8. The molecule has 4 heteroatoms. The Labute approximate surface area is 183 Å². The summed E-state index contributed by atoms with van der Waals surface area (Å²) in [6, 6.07) is 12.7. The summed E-state index contributed by atoms with van der Waals surface area (Å²) in [6.07, 6.45) is 4.58. The molecule has 0 amide bonds. The molecule has 0 bridgehead atoms. The van der Waals surface area contributed by atoms with Gasteiger partial charge in [0.1, 0.15) is 6.29 Å². The molecule has 3 nitrogen and oxygen atoms in total. The summed E-state index contributed by atoms with van der Waals surface area (Å²) in [5.41, 5.74) is 9.08. The Kier molecular flexibility index (Phi) is 8.39. The van der Waals surface area contributed by atoms with Gasteiger partial charge in [0.2, 0.25) is 0 Å². The van der Waals surface area contributed by atoms with E-state index in [0.29, 0.717) is 5.92 Å². The molecule has 1 N–H and O–H groups in total. The highest BCUT2D eigenvalue weighted by atomic mass is 79.9. The average Bonchev–Trinajstić information content (AvgIpc) is 3.26. The SMILES string of the molecule is Cc1cccc(C(C)C(Br)C=O)c1C.Cc1cccc(C(C)c2cnc[nH]2)c1C. The number of alkyl halides is 1. The van der Waals surface area contributed by atoms with Crippen LogP contribution in [0.15, 0.2) is 48.9 Å². The van der Waals surface area contributed by atoms with Gasteiger partial charge in [-0.25, -0.2) is 4.98 Å². The van der Waals surface area contributed by atoms with Crippen molar-refractivity contribution in [3.63, 3.8) is 0 Å². The molecule has 0 aliphatic heterocycles. The largest absolute Gasteiger partial charge is 0.348 e. The van der Waals surface area contributed by atoms with E-state index in [1.165, 1.54) is 39.1 Å². The van der Waals surface area contributed by atoms with Gasteiger partial charge in [-0.2, -0.15) is 0 Å². The minimum absolute atomic E-state index is 0.0944. The van der Waals surface area contributed by atoms with E-state index in [1.54, 1.807) is 6.33 Å². The lowest BCUT2D eigenvalue weighted by Crippen LogP contribution is -2.11. The Hall–Kier alpha value is -2.20. The second kappa shape index (κ2) is 10.5. The quantitative estimate of drug-likeness (QED) is 0.350. The zero-order valence-electron chi connectivity index (χ0n) is 18.2. The molecule has 1 aromatic heterocycles. The van der Waals surface area contributed by atoms with Crippen molar-refractivity contribution in [3.8, 4) is 0 Å². The van der Waals surface area contributed by atoms with Gasteiger partial charge in [-0.3, -0.25) is 0 Å². The molecule has 2 aromatic carbocycles.